The minimum Gasteiger partial charge on any atom is -0.324 e. The average Bonchev–Trinajstić information content (AvgIpc) is 3.03. The molecule has 2 aromatic carbocycles. The Hall–Kier alpha value is -3.41. The van der Waals surface area contributed by atoms with E-state index >= 15 is 0 Å². The van der Waals surface area contributed by atoms with Gasteiger partial charge in [0.05, 0.1) is 22.9 Å². The first-order chi connectivity index (χ1) is 12.6. The van der Waals surface area contributed by atoms with Crippen LogP contribution < -0.4 is 10.9 Å². The molecule has 0 saturated carbocycles. The van der Waals surface area contributed by atoms with Crippen molar-refractivity contribution in [3.05, 3.63) is 70.8 Å². The summed E-state index contributed by atoms with van der Waals surface area (Å²) in [5.41, 5.74) is 4.00. The van der Waals surface area contributed by atoms with Crippen LogP contribution in [0.25, 0.3) is 21.9 Å². The number of para-hydroxylation sites is 2. The van der Waals surface area contributed by atoms with Gasteiger partial charge >= 0.3 is 0 Å². The highest BCUT2D eigenvalue weighted by Gasteiger charge is 2.09. The Balaban J connectivity index is 1.58. The lowest BCUT2D eigenvalue weighted by atomic mass is 10.1. The molecular formula is C20H18N4O2. The Morgan fingerprint density at radius 2 is 2.04 bits per heavy atom. The second kappa shape index (κ2) is 6.48. The molecule has 2 aromatic heterocycles. The lowest BCUT2D eigenvalue weighted by Crippen LogP contribution is -2.18. The van der Waals surface area contributed by atoms with Gasteiger partial charge in [-0.25, -0.2) is 4.98 Å². The first-order valence-corrected chi connectivity index (χ1v) is 8.50. The van der Waals surface area contributed by atoms with Crippen molar-refractivity contribution in [2.75, 3.05) is 5.32 Å². The van der Waals surface area contributed by atoms with Gasteiger partial charge in [0.1, 0.15) is 6.54 Å². The SMILES string of the molecule is CCc1cc(=O)[nH]c2cc(NC(=O)Cn3cnc4ccccc43)ccc12. The van der Waals surface area contributed by atoms with Crippen molar-refractivity contribution in [2.24, 2.45) is 0 Å². The molecule has 1 amide bonds. The summed E-state index contributed by atoms with van der Waals surface area (Å²) in [6.45, 7) is 2.18. The minimum atomic E-state index is -0.151. The van der Waals surface area contributed by atoms with Gasteiger partial charge < -0.3 is 14.9 Å². The van der Waals surface area contributed by atoms with Crippen molar-refractivity contribution < 1.29 is 4.79 Å². The molecule has 2 N–H and O–H groups in total. The van der Waals surface area contributed by atoms with E-state index in [4.69, 9.17) is 0 Å². The van der Waals surface area contributed by atoms with Gasteiger partial charge in [-0.05, 0) is 36.2 Å². The third kappa shape index (κ3) is 2.97. The van der Waals surface area contributed by atoms with E-state index in [0.717, 1.165) is 33.9 Å². The van der Waals surface area contributed by atoms with Gasteiger partial charge in [-0.2, -0.15) is 0 Å². The van der Waals surface area contributed by atoms with E-state index in [1.54, 1.807) is 18.5 Å². The van der Waals surface area contributed by atoms with Gasteiger partial charge in [0.2, 0.25) is 11.5 Å². The predicted molar refractivity (Wildman–Crippen MR) is 102 cm³/mol. The molecule has 0 saturated heterocycles. The van der Waals surface area contributed by atoms with Crippen LogP contribution in [-0.2, 0) is 17.8 Å². The average molecular weight is 346 g/mol. The molecule has 4 rings (SSSR count). The van der Waals surface area contributed by atoms with Crippen LogP contribution in [0.1, 0.15) is 12.5 Å². The summed E-state index contributed by atoms with van der Waals surface area (Å²) in [6.07, 6.45) is 2.44. The lowest BCUT2D eigenvalue weighted by Gasteiger charge is -2.09. The maximum absolute atomic E-state index is 12.4. The molecule has 4 aromatic rings. The standard InChI is InChI=1S/C20H18N4O2/c1-2-13-9-19(25)23-17-10-14(7-8-15(13)17)22-20(26)11-24-12-21-16-5-3-4-6-18(16)24/h3-10,12H,2,11H2,1H3,(H,22,26)(H,23,25). The van der Waals surface area contributed by atoms with Crippen LogP contribution in [0, 0.1) is 0 Å². The zero-order valence-electron chi connectivity index (χ0n) is 14.3. The number of anilines is 1. The van der Waals surface area contributed by atoms with Gasteiger partial charge in [0, 0.05) is 17.1 Å². The lowest BCUT2D eigenvalue weighted by molar-refractivity contribution is -0.116. The fourth-order valence-electron chi connectivity index (χ4n) is 3.19. The highest BCUT2D eigenvalue weighted by molar-refractivity contribution is 5.94. The fraction of sp³-hybridized carbons (Fsp3) is 0.150. The van der Waals surface area contributed by atoms with E-state index < -0.39 is 0 Å². The van der Waals surface area contributed by atoms with Crippen LogP contribution in [0.15, 0.2) is 59.7 Å². The number of nitrogens with zero attached hydrogens (tertiary/aromatic N) is 2. The van der Waals surface area contributed by atoms with E-state index in [0.29, 0.717) is 5.69 Å². The summed E-state index contributed by atoms with van der Waals surface area (Å²) in [4.78, 5) is 31.3. The predicted octanol–water partition coefficient (Wildman–Crippen LogP) is 3.08. The van der Waals surface area contributed by atoms with Crippen LogP contribution in [0.4, 0.5) is 5.69 Å². The molecule has 2 heterocycles. The van der Waals surface area contributed by atoms with Crippen LogP contribution >= 0.6 is 0 Å². The third-order valence-electron chi connectivity index (χ3n) is 4.43. The van der Waals surface area contributed by atoms with Crippen molar-refractivity contribution in [1.29, 1.82) is 0 Å². The van der Waals surface area contributed by atoms with Gasteiger partial charge in [-0.15, -0.1) is 0 Å². The molecule has 0 bridgehead atoms. The van der Waals surface area contributed by atoms with Crippen molar-refractivity contribution in [2.45, 2.75) is 19.9 Å². The number of carbonyl (C=O) groups is 1. The molecule has 0 atom stereocenters. The summed E-state index contributed by atoms with van der Waals surface area (Å²) in [5, 5.41) is 3.88. The monoisotopic (exact) mass is 346 g/mol. The summed E-state index contributed by atoms with van der Waals surface area (Å²) >= 11 is 0. The van der Waals surface area contributed by atoms with Gasteiger partial charge in [-0.1, -0.05) is 25.1 Å². The van der Waals surface area contributed by atoms with Crippen LogP contribution in [0.3, 0.4) is 0 Å². The number of H-pyrrole nitrogens is 1. The number of nitrogens with one attached hydrogen (secondary N) is 2. The van der Waals surface area contributed by atoms with Gasteiger partial charge in [-0.3, -0.25) is 9.59 Å². The third-order valence-corrected chi connectivity index (χ3v) is 4.43. The molecule has 0 radical (unpaired) electrons. The molecule has 0 fully saturated rings. The fourth-order valence-corrected chi connectivity index (χ4v) is 3.19. The number of amides is 1. The van der Waals surface area contributed by atoms with Crippen LogP contribution in [0.5, 0.6) is 0 Å². The van der Waals surface area contributed by atoms with E-state index in [1.165, 1.54) is 0 Å². The maximum Gasteiger partial charge on any atom is 0.248 e. The van der Waals surface area contributed by atoms with E-state index in [9.17, 15) is 9.59 Å². The van der Waals surface area contributed by atoms with E-state index in [-0.39, 0.29) is 18.0 Å². The highest BCUT2D eigenvalue weighted by atomic mass is 16.2. The summed E-state index contributed by atoms with van der Waals surface area (Å²) in [5.74, 6) is -0.151. The van der Waals surface area contributed by atoms with Crippen molar-refractivity contribution >= 4 is 33.5 Å². The number of benzene rings is 2. The number of aromatic amines is 1. The molecule has 0 aliphatic carbocycles. The topological polar surface area (TPSA) is 79.8 Å². The van der Waals surface area contributed by atoms with Gasteiger partial charge in [0.15, 0.2) is 0 Å². The maximum atomic E-state index is 12.4. The molecule has 6 nitrogen and oxygen atoms in total. The van der Waals surface area contributed by atoms with Crippen molar-refractivity contribution in [3.8, 4) is 0 Å². The Morgan fingerprint density at radius 3 is 2.88 bits per heavy atom. The minimum absolute atomic E-state index is 0.136. The number of aryl methyl sites for hydroxylation is 1. The number of pyridine rings is 1. The molecule has 0 spiro atoms. The molecule has 0 aliphatic heterocycles. The number of aromatic nitrogens is 3. The number of rotatable bonds is 4. The molecule has 0 aliphatic rings. The normalized spacial score (nSPS) is 11.1. The number of carbonyl (C=O) groups excluding carboxylic acids is 1. The van der Waals surface area contributed by atoms with Crippen molar-refractivity contribution in [1.82, 2.24) is 14.5 Å². The van der Waals surface area contributed by atoms with E-state index in [2.05, 4.69) is 15.3 Å². The summed E-state index contributed by atoms with van der Waals surface area (Å²) in [7, 11) is 0. The first kappa shape index (κ1) is 16.1. The second-order valence-electron chi connectivity index (χ2n) is 6.18. The largest absolute Gasteiger partial charge is 0.324 e. The zero-order chi connectivity index (χ0) is 18.1. The number of fused-ring (bicyclic) bond motifs is 2. The van der Waals surface area contributed by atoms with Crippen LogP contribution in [-0.4, -0.2) is 20.4 Å². The zero-order valence-corrected chi connectivity index (χ0v) is 14.3. The van der Waals surface area contributed by atoms with Crippen molar-refractivity contribution in [3.63, 3.8) is 0 Å². The Kier molecular flexibility index (Phi) is 4.01. The highest BCUT2D eigenvalue weighted by Crippen LogP contribution is 2.20. The molecule has 26 heavy (non-hydrogen) atoms. The molecular weight excluding hydrogens is 328 g/mol. The Labute approximate surface area is 149 Å². The van der Waals surface area contributed by atoms with E-state index in [1.807, 2.05) is 47.9 Å². The number of imidazole rings is 1. The van der Waals surface area contributed by atoms with Gasteiger partial charge in [0.25, 0.3) is 0 Å². The smallest absolute Gasteiger partial charge is 0.248 e. The van der Waals surface area contributed by atoms with Crippen LogP contribution in [0.2, 0.25) is 0 Å². The molecule has 130 valence electrons. The number of hydrogen-bond donors (Lipinski definition) is 2. The first-order valence-electron chi connectivity index (χ1n) is 8.50. The Bertz CT molecular complexity index is 1170. The Morgan fingerprint density at radius 1 is 1.19 bits per heavy atom. The second-order valence-corrected chi connectivity index (χ2v) is 6.18. The summed E-state index contributed by atoms with van der Waals surface area (Å²) in [6, 6.07) is 14.9. The summed E-state index contributed by atoms with van der Waals surface area (Å²) < 4.78 is 1.81. The number of hydrogen-bond acceptors (Lipinski definition) is 3. The molecule has 0 unspecified atom stereocenters. The quantitative estimate of drug-likeness (QED) is 0.596. The molecule has 6 heteroatoms.